The van der Waals surface area contributed by atoms with Gasteiger partial charge in [0.25, 0.3) is 6.47 Å². The molecule has 6 heteroatoms. The number of methoxy groups -OCH3 is 1. The van der Waals surface area contributed by atoms with Crippen LogP contribution in [0.15, 0.2) is 73.1 Å². The van der Waals surface area contributed by atoms with Crippen LogP contribution in [0.4, 0.5) is 0 Å². The van der Waals surface area contributed by atoms with Crippen molar-refractivity contribution in [3.8, 4) is 17.0 Å². The zero-order valence-electron chi connectivity index (χ0n) is 16.7. The molecule has 0 amide bonds. The molecule has 0 aliphatic heterocycles. The highest BCUT2D eigenvalue weighted by Crippen LogP contribution is 2.22. The molecule has 2 aromatic heterocycles. The molecular weight excluding hydrogens is 380 g/mol. The second kappa shape index (κ2) is 10.8. The van der Waals surface area contributed by atoms with Crippen LogP contribution in [0.2, 0.25) is 0 Å². The van der Waals surface area contributed by atoms with Gasteiger partial charge in [-0.2, -0.15) is 0 Å². The maximum Gasteiger partial charge on any atom is 0.290 e. The third kappa shape index (κ3) is 5.68. The molecule has 0 aliphatic carbocycles. The molecule has 30 heavy (non-hydrogen) atoms. The fourth-order valence-electron chi connectivity index (χ4n) is 3.02. The predicted molar refractivity (Wildman–Crippen MR) is 117 cm³/mol. The molecule has 6 nitrogen and oxygen atoms in total. The normalized spacial score (nSPS) is 10.3. The van der Waals surface area contributed by atoms with E-state index in [4.69, 9.17) is 19.4 Å². The molecule has 0 aliphatic rings. The molecule has 0 radical (unpaired) electrons. The summed E-state index contributed by atoms with van der Waals surface area (Å²) in [5.41, 5.74) is 5.51. The highest BCUT2D eigenvalue weighted by Gasteiger charge is 2.03. The number of pyridine rings is 1. The number of nitrogens with one attached hydrogen (secondary N) is 1. The maximum atomic E-state index is 8.36. The Labute approximate surface area is 175 Å². The van der Waals surface area contributed by atoms with Crippen molar-refractivity contribution >= 4 is 17.4 Å². The third-order valence-corrected chi connectivity index (χ3v) is 4.61. The summed E-state index contributed by atoms with van der Waals surface area (Å²) in [5.74, 6) is 0.875. The molecule has 0 saturated carbocycles. The van der Waals surface area contributed by atoms with Gasteiger partial charge in [0.15, 0.2) is 0 Å². The number of hydrogen-bond donors (Lipinski definition) is 2. The first-order valence-electron chi connectivity index (χ1n) is 9.54. The minimum Gasteiger partial charge on any atom is -0.489 e. The van der Waals surface area contributed by atoms with Crippen LogP contribution < -0.4 is 4.74 Å². The summed E-state index contributed by atoms with van der Waals surface area (Å²) in [5, 5.41) is 8.06. The molecule has 0 bridgehead atoms. The van der Waals surface area contributed by atoms with E-state index in [2.05, 4.69) is 58.5 Å². The van der Waals surface area contributed by atoms with Gasteiger partial charge in [0.2, 0.25) is 0 Å². The lowest BCUT2D eigenvalue weighted by Gasteiger charge is -2.08. The van der Waals surface area contributed by atoms with Gasteiger partial charge in [-0.1, -0.05) is 36.4 Å². The van der Waals surface area contributed by atoms with Crippen LogP contribution in [0.25, 0.3) is 22.2 Å². The van der Waals surface area contributed by atoms with Crippen molar-refractivity contribution in [3.63, 3.8) is 0 Å². The van der Waals surface area contributed by atoms with Gasteiger partial charge in [-0.05, 0) is 41.8 Å². The molecule has 0 spiro atoms. The molecular formula is C24H24N2O4. The van der Waals surface area contributed by atoms with E-state index in [1.54, 1.807) is 7.11 Å². The van der Waals surface area contributed by atoms with Gasteiger partial charge in [0, 0.05) is 24.3 Å². The standard InChI is InChI=1S/C23H22N2O2.CH2O2/c1-26-13-11-17-4-8-21(9-5-17)27-16-18-2-6-19(7-3-18)22-14-20-10-12-24-23(20)15-25-22;2-1-3/h2-10,12,14-15,24H,11,13,16H2,1H3;1H,(H,2,3). The van der Waals surface area contributed by atoms with Crippen molar-refractivity contribution in [2.75, 3.05) is 13.7 Å². The molecule has 2 heterocycles. The zero-order valence-corrected chi connectivity index (χ0v) is 16.7. The third-order valence-electron chi connectivity index (χ3n) is 4.61. The average molecular weight is 404 g/mol. The fraction of sp³-hybridized carbons (Fsp3) is 0.167. The van der Waals surface area contributed by atoms with Crippen LogP contribution in [0.5, 0.6) is 5.75 Å². The first-order chi connectivity index (χ1) is 14.7. The summed E-state index contributed by atoms with van der Waals surface area (Å²) in [7, 11) is 1.72. The number of ether oxygens (including phenoxy) is 2. The Hall–Kier alpha value is -3.64. The summed E-state index contributed by atoms with van der Waals surface area (Å²) >= 11 is 0. The Morgan fingerprint density at radius 1 is 1.03 bits per heavy atom. The van der Waals surface area contributed by atoms with E-state index < -0.39 is 0 Å². The van der Waals surface area contributed by atoms with E-state index in [0.29, 0.717) is 6.61 Å². The van der Waals surface area contributed by atoms with Crippen molar-refractivity contribution < 1.29 is 19.4 Å². The number of carboxylic acid groups (broad SMARTS) is 1. The van der Waals surface area contributed by atoms with Gasteiger partial charge in [0.1, 0.15) is 12.4 Å². The minimum atomic E-state index is -0.250. The van der Waals surface area contributed by atoms with Crippen molar-refractivity contribution in [1.82, 2.24) is 9.97 Å². The lowest BCUT2D eigenvalue weighted by atomic mass is 10.1. The first-order valence-corrected chi connectivity index (χ1v) is 9.54. The Morgan fingerprint density at radius 2 is 1.73 bits per heavy atom. The maximum absolute atomic E-state index is 8.36. The second-order valence-electron chi connectivity index (χ2n) is 6.61. The van der Waals surface area contributed by atoms with Crippen LogP contribution in [0, 0.1) is 0 Å². The van der Waals surface area contributed by atoms with Gasteiger partial charge >= 0.3 is 0 Å². The van der Waals surface area contributed by atoms with Crippen molar-refractivity contribution in [2.45, 2.75) is 13.0 Å². The Morgan fingerprint density at radius 3 is 2.43 bits per heavy atom. The largest absolute Gasteiger partial charge is 0.489 e. The van der Waals surface area contributed by atoms with Crippen LogP contribution in [0.3, 0.4) is 0 Å². The van der Waals surface area contributed by atoms with Crippen LogP contribution >= 0.6 is 0 Å². The number of H-pyrrole nitrogens is 1. The summed E-state index contributed by atoms with van der Waals surface area (Å²) < 4.78 is 11.0. The van der Waals surface area contributed by atoms with Gasteiger partial charge in [-0.15, -0.1) is 0 Å². The quantitative estimate of drug-likeness (QED) is 0.436. The number of aromatic nitrogens is 2. The molecule has 0 atom stereocenters. The van der Waals surface area contributed by atoms with E-state index in [1.807, 2.05) is 24.5 Å². The Balaban J connectivity index is 0.000000806. The average Bonchev–Trinajstić information content (AvgIpc) is 3.26. The molecule has 4 rings (SSSR count). The van der Waals surface area contributed by atoms with Crippen LogP contribution in [-0.2, 0) is 22.6 Å². The highest BCUT2D eigenvalue weighted by molar-refractivity contribution is 5.82. The summed E-state index contributed by atoms with van der Waals surface area (Å²) in [6.07, 6.45) is 4.72. The fourth-order valence-corrected chi connectivity index (χ4v) is 3.02. The number of benzene rings is 2. The molecule has 154 valence electrons. The van der Waals surface area contributed by atoms with E-state index in [1.165, 1.54) is 10.9 Å². The monoisotopic (exact) mass is 404 g/mol. The molecule has 0 saturated heterocycles. The Kier molecular flexibility index (Phi) is 7.58. The van der Waals surface area contributed by atoms with E-state index in [9.17, 15) is 0 Å². The highest BCUT2D eigenvalue weighted by atomic mass is 16.5. The molecule has 2 aromatic carbocycles. The number of rotatable bonds is 7. The smallest absolute Gasteiger partial charge is 0.290 e. The number of hydrogen-bond acceptors (Lipinski definition) is 4. The Bertz CT molecular complexity index is 1060. The molecule has 4 aromatic rings. The van der Waals surface area contributed by atoms with E-state index in [0.717, 1.165) is 41.1 Å². The number of aromatic amines is 1. The topological polar surface area (TPSA) is 84.4 Å². The van der Waals surface area contributed by atoms with Gasteiger partial charge in [-0.25, -0.2) is 0 Å². The number of nitrogens with zero attached hydrogens (tertiary/aromatic N) is 1. The predicted octanol–water partition coefficient (Wildman–Crippen LogP) is 4.70. The second-order valence-corrected chi connectivity index (χ2v) is 6.61. The zero-order chi connectivity index (χ0) is 21.2. The van der Waals surface area contributed by atoms with Gasteiger partial charge in [-0.3, -0.25) is 9.78 Å². The van der Waals surface area contributed by atoms with Gasteiger partial charge < -0.3 is 19.6 Å². The van der Waals surface area contributed by atoms with Crippen LogP contribution in [-0.4, -0.2) is 35.3 Å². The summed E-state index contributed by atoms with van der Waals surface area (Å²) in [6.45, 7) is 1.03. The van der Waals surface area contributed by atoms with Crippen molar-refractivity contribution in [1.29, 1.82) is 0 Å². The lowest BCUT2D eigenvalue weighted by molar-refractivity contribution is -0.122. The SMILES string of the molecule is COCCc1ccc(OCc2ccc(-c3cc4cc[nH]c4cn3)cc2)cc1.O=CO. The lowest BCUT2D eigenvalue weighted by Crippen LogP contribution is -1.97. The van der Waals surface area contributed by atoms with Crippen molar-refractivity contribution in [3.05, 3.63) is 84.2 Å². The van der Waals surface area contributed by atoms with Crippen molar-refractivity contribution in [2.24, 2.45) is 0 Å². The minimum absolute atomic E-state index is 0.250. The molecule has 0 unspecified atom stereocenters. The number of carbonyl (C=O) groups is 1. The van der Waals surface area contributed by atoms with E-state index in [-0.39, 0.29) is 6.47 Å². The van der Waals surface area contributed by atoms with Gasteiger partial charge in [0.05, 0.1) is 24.0 Å². The van der Waals surface area contributed by atoms with Crippen LogP contribution in [0.1, 0.15) is 11.1 Å². The summed E-state index contributed by atoms with van der Waals surface area (Å²) in [4.78, 5) is 16.1. The van der Waals surface area contributed by atoms with E-state index >= 15 is 0 Å². The summed E-state index contributed by atoms with van der Waals surface area (Å²) in [6, 6.07) is 20.7. The first kappa shape index (κ1) is 21.1. The molecule has 0 fully saturated rings. The number of fused-ring (bicyclic) bond motifs is 1. The molecule has 2 N–H and O–H groups in total.